The molecule has 0 aliphatic carbocycles. The van der Waals surface area contributed by atoms with E-state index >= 15 is 0 Å². The number of hydrogen-bond donors (Lipinski definition) is 0. The number of halogens is 2. The van der Waals surface area contributed by atoms with Crippen LogP contribution in [0.25, 0.3) is 0 Å². The average molecular weight is 358 g/mol. The van der Waals surface area contributed by atoms with Crippen molar-refractivity contribution in [3.05, 3.63) is 53.6 Å². The normalized spacial score (nSPS) is 11.7. The van der Waals surface area contributed by atoms with E-state index in [4.69, 9.17) is 4.74 Å². The lowest BCUT2D eigenvalue weighted by molar-refractivity contribution is 0.234. The van der Waals surface area contributed by atoms with Crippen molar-refractivity contribution >= 4 is 21.6 Å². The molecule has 0 aromatic heterocycles. The zero-order chi connectivity index (χ0) is 17.0. The third kappa shape index (κ3) is 4.23. The second-order valence-electron chi connectivity index (χ2n) is 4.88. The van der Waals surface area contributed by atoms with Gasteiger partial charge in [0.05, 0.1) is 12.0 Å². The molecule has 7 heteroatoms. The van der Waals surface area contributed by atoms with E-state index in [2.05, 4.69) is 0 Å². The van der Waals surface area contributed by atoms with Crippen LogP contribution in [0, 0.1) is 6.92 Å². The van der Waals surface area contributed by atoms with Crippen molar-refractivity contribution < 1.29 is 21.9 Å². The van der Waals surface area contributed by atoms with Gasteiger partial charge in [-0.05, 0) is 37.3 Å². The molecule has 0 fully saturated rings. The van der Waals surface area contributed by atoms with Crippen molar-refractivity contribution in [3.63, 3.8) is 0 Å². The van der Waals surface area contributed by atoms with Crippen LogP contribution >= 0.6 is 11.8 Å². The molecule has 0 spiro atoms. The molecule has 124 valence electrons. The van der Waals surface area contributed by atoms with Gasteiger partial charge in [0.25, 0.3) is 0 Å². The maximum atomic E-state index is 12.5. The Morgan fingerprint density at radius 3 is 2.35 bits per heavy atom. The van der Waals surface area contributed by atoms with E-state index in [-0.39, 0.29) is 4.90 Å². The van der Waals surface area contributed by atoms with Crippen LogP contribution in [-0.4, -0.2) is 21.3 Å². The molecule has 0 saturated carbocycles. The molecule has 0 bridgehead atoms. The first-order valence-electron chi connectivity index (χ1n) is 6.73. The van der Waals surface area contributed by atoms with Crippen LogP contribution in [0.4, 0.5) is 8.78 Å². The number of rotatable bonds is 6. The Kier molecular flexibility index (Phi) is 5.64. The van der Waals surface area contributed by atoms with Crippen molar-refractivity contribution in [1.29, 1.82) is 0 Å². The van der Waals surface area contributed by atoms with Gasteiger partial charge in [0, 0.05) is 16.2 Å². The van der Waals surface area contributed by atoms with E-state index in [1.165, 1.54) is 36.0 Å². The number of alkyl halides is 2. The minimum absolute atomic E-state index is 0.370. The second kappa shape index (κ2) is 7.31. The lowest BCUT2D eigenvalue weighted by Crippen LogP contribution is -2.11. The Morgan fingerprint density at radius 1 is 1.13 bits per heavy atom. The van der Waals surface area contributed by atoms with Crippen molar-refractivity contribution in [2.75, 3.05) is 7.11 Å². The predicted molar refractivity (Wildman–Crippen MR) is 86.9 cm³/mol. The fourth-order valence-electron chi connectivity index (χ4n) is 2.01. The number of sulfone groups is 1. The topological polar surface area (TPSA) is 43.4 Å². The SMILES string of the molecule is COc1ccc(C)cc1CSc1ccc(S(=O)(=O)C(F)F)cc1. The van der Waals surface area contributed by atoms with E-state index in [0.717, 1.165) is 21.8 Å². The number of thioether (sulfide) groups is 1. The van der Waals surface area contributed by atoms with Gasteiger partial charge in [0.2, 0.25) is 9.84 Å². The standard InChI is InChI=1S/C16H16F2O3S2/c1-11-3-8-15(21-2)12(9-11)10-22-13-4-6-14(7-5-13)23(19,20)16(17)18/h3-9,16H,10H2,1-2H3. The molecule has 0 amide bonds. The Hall–Kier alpha value is -1.60. The van der Waals surface area contributed by atoms with E-state index in [1.54, 1.807) is 7.11 Å². The third-order valence-corrected chi connectivity index (χ3v) is 5.68. The second-order valence-corrected chi connectivity index (χ2v) is 7.85. The molecule has 2 aromatic rings. The summed E-state index contributed by atoms with van der Waals surface area (Å²) in [4.78, 5) is 0.423. The Morgan fingerprint density at radius 2 is 1.78 bits per heavy atom. The van der Waals surface area contributed by atoms with Crippen LogP contribution in [-0.2, 0) is 15.6 Å². The molecule has 0 aliphatic heterocycles. The minimum atomic E-state index is -4.54. The summed E-state index contributed by atoms with van der Waals surface area (Å²) in [6, 6.07) is 11.3. The maximum Gasteiger partial charge on any atom is 0.341 e. The third-order valence-electron chi connectivity index (χ3n) is 3.22. The molecule has 2 rings (SSSR count). The van der Waals surface area contributed by atoms with Crippen LogP contribution in [0.15, 0.2) is 52.3 Å². The number of hydrogen-bond acceptors (Lipinski definition) is 4. The minimum Gasteiger partial charge on any atom is -0.496 e. The molecule has 3 nitrogen and oxygen atoms in total. The Balaban J connectivity index is 2.12. The largest absolute Gasteiger partial charge is 0.496 e. The maximum absolute atomic E-state index is 12.5. The highest BCUT2D eigenvalue weighted by atomic mass is 32.2. The summed E-state index contributed by atoms with van der Waals surface area (Å²) >= 11 is 1.48. The van der Waals surface area contributed by atoms with Gasteiger partial charge in [-0.1, -0.05) is 17.7 Å². The highest BCUT2D eigenvalue weighted by Crippen LogP contribution is 2.30. The van der Waals surface area contributed by atoms with Gasteiger partial charge in [0.15, 0.2) is 0 Å². The number of benzene rings is 2. The molecule has 0 aliphatic rings. The fraction of sp³-hybridized carbons (Fsp3) is 0.250. The first kappa shape index (κ1) is 17.7. The first-order valence-corrected chi connectivity index (χ1v) is 9.26. The first-order chi connectivity index (χ1) is 10.8. The summed E-state index contributed by atoms with van der Waals surface area (Å²) in [6.07, 6.45) is 0. The molecule has 0 radical (unpaired) electrons. The van der Waals surface area contributed by atoms with Crippen LogP contribution in [0.3, 0.4) is 0 Å². The summed E-state index contributed by atoms with van der Waals surface area (Å²) in [5.41, 5.74) is 2.13. The zero-order valence-electron chi connectivity index (χ0n) is 12.6. The van der Waals surface area contributed by atoms with E-state index in [1.807, 2.05) is 25.1 Å². The number of ether oxygens (including phenoxy) is 1. The van der Waals surface area contributed by atoms with E-state index in [0.29, 0.717) is 5.75 Å². The summed E-state index contributed by atoms with van der Waals surface area (Å²) in [7, 11) is -2.94. The van der Waals surface area contributed by atoms with Crippen LogP contribution in [0.1, 0.15) is 11.1 Å². The van der Waals surface area contributed by atoms with Crippen LogP contribution < -0.4 is 4.74 Å². The van der Waals surface area contributed by atoms with E-state index < -0.39 is 15.6 Å². The molecule has 0 saturated heterocycles. The summed E-state index contributed by atoms with van der Waals surface area (Å²) in [5.74, 6) is -2.00. The number of methoxy groups -OCH3 is 1. The molecule has 2 aromatic carbocycles. The van der Waals surface area contributed by atoms with Gasteiger partial charge < -0.3 is 4.74 Å². The molecule has 0 N–H and O–H groups in total. The molecule has 0 atom stereocenters. The molecular formula is C16H16F2O3S2. The average Bonchev–Trinajstić information content (AvgIpc) is 2.53. The molecule has 0 unspecified atom stereocenters. The highest BCUT2D eigenvalue weighted by molar-refractivity contribution is 7.98. The van der Waals surface area contributed by atoms with E-state index in [9.17, 15) is 17.2 Å². The fourth-order valence-corrected chi connectivity index (χ4v) is 3.61. The van der Waals surface area contributed by atoms with Crippen molar-refractivity contribution in [1.82, 2.24) is 0 Å². The lowest BCUT2D eigenvalue weighted by atomic mass is 10.1. The quantitative estimate of drug-likeness (QED) is 0.723. The number of aryl methyl sites for hydroxylation is 1. The van der Waals surface area contributed by atoms with Crippen molar-refractivity contribution in [2.45, 2.75) is 28.2 Å². The monoisotopic (exact) mass is 358 g/mol. The van der Waals surface area contributed by atoms with Gasteiger partial charge in [-0.25, -0.2) is 8.42 Å². The van der Waals surface area contributed by atoms with Crippen LogP contribution in [0.2, 0.25) is 0 Å². The van der Waals surface area contributed by atoms with Crippen molar-refractivity contribution in [3.8, 4) is 5.75 Å². The highest BCUT2D eigenvalue weighted by Gasteiger charge is 2.26. The van der Waals surface area contributed by atoms with Gasteiger partial charge >= 0.3 is 5.76 Å². The van der Waals surface area contributed by atoms with Crippen LogP contribution in [0.5, 0.6) is 5.75 Å². The van der Waals surface area contributed by atoms with Crippen molar-refractivity contribution in [2.24, 2.45) is 0 Å². The predicted octanol–water partition coefficient (Wildman–Crippen LogP) is 4.29. The summed E-state index contributed by atoms with van der Waals surface area (Å²) < 4.78 is 53.0. The summed E-state index contributed by atoms with van der Waals surface area (Å²) in [5, 5.41) is 0. The van der Waals surface area contributed by atoms with Gasteiger partial charge in [0.1, 0.15) is 5.75 Å². The smallest absolute Gasteiger partial charge is 0.341 e. The molecular weight excluding hydrogens is 342 g/mol. The Bertz CT molecular complexity index is 772. The van der Waals surface area contributed by atoms with Gasteiger partial charge in [-0.3, -0.25) is 0 Å². The Labute approximate surface area is 138 Å². The zero-order valence-corrected chi connectivity index (χ0v) is 14.3. The lowest BCUT2D eigenvalue weighted by Gasteiger charge is -2.10. The molecule has 0 heterocycles. The van der Waals surface area contributed by atoms with Gasteiger partial charge in [-0.15, -0.1) is 11.8 Å². The molecule has 23 heavy (non-hydrogen) atoms. The summed E-state index contributed by atoms with van der Waals surface area (Å²) in [6.45, 7) is 1.98. The van der Waals surface area contributed by atoms with Gasteiger partial charge in [-0.2, -0.15) is 8.78 Å².